The standard InChI is InChI=1S/C21H28N2O6S/c1-5-28-19-8-6-17(7-9-19)23(30(4,25)26)14-21(24)22-16(2)15-29-20-12-10-18(27-3)11-13-20/h6-13,16H,5,14-15H2,1-4H3,(H,22,24). The van der Waals surface area contributed by atoms with Crippen LogP contribution in [0.1, 0.15) is 13.8 Å². The molecule has 30 heavy (non-hydrogen) atoms. The van der Waals surface area contributed by atoms with Crippen molar-refractivity contribution >= 4 is 21.6 Å². The maximum Gasteiger partial charge on any atom is 0.241 e. The molecule has 164 valence electrons. The molecule has 0 spiro atoms. The van der Waals surface area contributed by atoms with Crippen LogP contribution in [0.15, 0.2) is 48.5 Å². The Labute approximate surface area is 177 Å². The normalized spacial score (nSPS) is 12.0. The molecule has 0 aliphatic carbocycles. The average Bonchev–Trinajstić information content (AvgIpc) is 2.71. The maximum atomic E-state index is 12.4. The van der Waals surface area contributed by atoms with Gasteiger partial charge in [-0.2, -0.15) is 0 Å². The van der Waals surface area contributed by atoms with E-state index in [-0.39, 0.29) is 19.2 Å². The van der Waals surface area contributed by atoms with Crippen molar-refractivity contribution in [3.05, 3.63) is 48.5 Å². The number of methoxy groups -OCH3 is 1. The Kier molecular flexibility index (Phi) is 8.35. The van der Waals surface area contributed by atoms with Crippen molar-refractivity contribution in [2.24, 2.45) is 0 Å². The van der Waals surface area contributed by atoms with Gasteiger partial charge in [0.1, 0.15) is 30.4 Å². The summed E-state index contributed by atoms with van der Waals surface area (Å²) >= 11 is 0. The Bertz CT molecular complexity index is 914. The highest BCUT2D eigenvalue weighted by molar-refractivity contribution is 7.92. The van der Waals surface area contributed by atoms with Crippen molar-refractivity contribution in [1.82, 2.24) is 5.32 Å². The number of anilines is 1. The SMILES string of the molecule is CCOc1ccc(N(CC(=O)NC(C)COc2ccc(OC)cc2)S(C)(=O)=O)cc1. The number of hydrogen-bond donors (Lipinski definition) is 1. The first-order chi connectivity index (χ1) is 14.2. The van der Waals surface area contributed by atoms with E-state index >= 15 is 0 Å². The predicted molar refractivity (Wildman–Crippen MR) is 116 cm³/mol. The van der Waals surface area contributed by atoms with Crippen LogP contribution in [0.5, 0.6) is 17.2 Å². The van der Waals surface area contributed by atoms with E-state index in [4.69, 9.17) is 14.2 Å². The third-order valence-electron chi connectivity index (χ3n) is 4.09. The van der Waals surface area contributed by atoms with Gasteiger partial charge in [0, 0.05) is 0 Å². The minimum Gasteiger partial charge on any atom is -0.497 e. The summed E-state index contributed by atoms with van der Waals surface area (Å²) in [6.07, 6.45) is 1.06. The maximum absolute atomic E-state index is 12.4. The minimum absolute atomic E-state index is 0.236. The van der Waals surface area contributed by atoms with E-state index in [0.717, 1.165) is 16.3 Å². The number of nitrogens with one attached hydrogen (secondary N) is 1. The molecule has 0 radical (unpaired) electrons. The number of carbonyl (C=O) groups is 1. The monoisotopic (exact) mass is 436 g/mol. The molecule has 0 heterocycles. The molecule has 0 aliphatic rings. The fourth-order valence-corrected chi connectivity index (χ4v) is 3.52. The molecule has 0 fully saturated rings. The molecule has 1 atom stereocenters. The third kappa shape index (κ3) is 7.14. The molecule has 0 saturated carbocycles. The summed E-state index contributed by atoms with van der Waals surface area (Å²) in [5, 5.41) is 2.76. The van der Waals surface area contributed by atoms with E-state index < -0.39 is 15.9 Å². The van der Waals surface area contributed by atoms with E-state index in [2.05, 4.69) is 5.32 Å². The van der Waals surface area contributed by atoms with Gasteiger partial charge < -0.3 is 19.5 Å². The highest BCUT2D eigenvalue weighted by Gasteiger charge is 2.21. The zero-order valence-electron chi connectivity index (χ0n) is 17.6. The van der Waals surface area contributed by atoms with Gasteiger partial charge in [0.25, 0.3) is 0 Å². The molecule has 8 nitrogen and oxygen atoms in total. The predicted octanol–water partition coefficient (Wildman–Crippen LogP) is 2.44. The second-order valence-corrected chi connectivity index (χ2v) is 8.56. The van der Waals surface area contributed by atoms with Gasteiger partial charge in [0.2, 0.25) is 15.9 Å². The topological polar surface area (TPSA) is 94.2 Å². The molecule has 2 rings (SSSR count). The summed E-state index contributed by atoms with van der Waals surface area (Å²) in [5.41, 5.74) is 0.387. The first-order valence-corrected chi connectivity index (χ1v) is 11.3. The first-order valence-electron chi connectivity index (χ1n) is 9.49. The fraction of sp³-hybridized carbons (Fsp3) is 0.381. The number of hydrogen-bond acceptors (Lipinski definition) is 6. The lowest BCUT2D eigenvalue weighted by Crippen LogP contribution is -2.44. The van der Waals surface area contributed by atoms with Gasteiger partial charge in [-0.05, 0) is 62.4 Å². The van der Waals surface area contributed by atoms with E-state index in [9.17, 15) is 13.2 Å². The second-order valence-electron chi connectivity index (χ2n) is 6.65. The molecule has 0 aliphatic heterocycles. The summed E-state index contributed by atoms with van der Waals surface area (Å²) < 4.78 is 41.6. The molecule has 2 aromatic rings. The second kappa shape index (κ2) is 10.7. The zero-order chi connectivity index (χ0) is 22.1. The average molecular weight is 437 g/mol. The van der Waals surface area contributed by atoms with Crippen molar-refractivity contribution in [1.29, 1.82) is 0 Å². The van der Waals surface area contributed by atoms with Crippen LogP contribution in [0, 0.1) is 0 Å². The lowest BCUT2D eigenvalue weighted by atomic mass is 10.3. The van der Waals surface area contributed by atoms with Gasteiger partial charge >= 0.3 is 0 Å². The largest absolute Gasteiger partial charge is 0.497 e. The molecule has 2 aromatic carbocycles. The van der Waals surface area contributed by atoms with Crippen molar-refractivity contribution in [2.45, 2.75) is 19.9 Å². The van der Waals surface area contributed by atoms with Gasteiger partial charge in [-0.1, -0.05) is 0 Å². The Morgan fingerprint density at radius 3 is 2.07 bits per heavy atom. The van der Waals surface area contributed by atoms with Crippen LogP contribution >= 0.6 is 0 Å². The lowest BCUT2D eigenvalue weighted by molar-refractivity contribution is -0.120. The van der Waals surface area contributed by atoms with Crippen molar-refractivity contribution in [3.63, 3.8) is 0 Å². The Hall–Kier alpha value is -2.94. The number of amides is 1. The van der Waals surface area contributed by atoms with Gasteiger partial charge in [-0.25, -0.2) is 8.42 Å². The minimum atomic E-state index is -3.65. The van der Waals surface area contributed by atoms with Crippen LogP contribution in [-0.4, -0.2) is 53.5 Å². The van der Waals surface area contributed by atoms with Gasteiger partial charge in [-0.3, -0.25) is 9.10 Å². The highest BCUT2D eigenvalue weighted by atomic mass is 32.2. The number of sulfonamides is 1. The first kappa shape index (κ1) is 23.3. The molecule has 0 bridgehead atoms. The van der Waals surface area contributed by atoms with Crippen molar-refractivity contribution < 1.29 is 27.4 Å². The quantitative estimate of drug-likeness (QED) is 0.582. The van der Waals surface area contributed by atoms with E-state index in [1.807, 2.05) is 6.92 Å². The molecule has 9 heteroatoms. The van der Waals surface area contributed by atoms with Crippen LogP contribution in [0.2, 0.25) is 0 Å². The van der Waals surface area contributed by atoms with Crippen LogP contribution in [0.4, 0.5) is 5.69 Å². The Morgan fingerprint density at radius 2 is 1.53 bits per heavy atom. The molecule has 0 saturated heterocycles. The number of nitrogens with zero attached hydrogens (tertiary/aromatic N) is 1. The van der Waals surface area contributed by atoms with E-state index in [1.54, 1.807) is 62.6 Å². The molecule has 1 N–H and O–H groups in total. The van der Waals surface area contributed by atoms with Crippen molar-refractivity contribution in [2.75, 3.05) is 37.4 Å². The van der Waals surface area contributed by atoms with Crippen LogP contribution < -0.4 is 23.8 Å². The number of rotatable bonds is 11. The van der Waals surface area contributed by atoms with Gasteiger partial charge in [0.05, 0.1) is 31.7 Å². The van der Waals surface area contributed by atoms with Crippen LogP contribution in [-0.2, 0) is 14.8 Å². The zero-order valence-corrected chi connectivity index (χ0v) is 18.4. The summed E-state index contributed by atoms with van der Waals surface area (Å²) in [4.78, 5) is 12.4. The Morgan fingerprint density at radius 1 is 1.00 bits per heavy atom. The summed E-state index contributed by atoms with van der Waals surface area (Å²) in [7, 11) is -2.06. The fourth-order valence-electron chi connectivity index (χ4n) is 2.66. The highest BCUT2D eigenvalue weighted by Crippen LogP contribution is 2.21. The molecular formula is C21H28N2O6S. The molecular weight excluding hydrogens is 408 g/mol. The molecule has 1 unspecified atom stereocenters. The summed E-state index contributed by atoms with van der Waals surface area (Å²) in [6.45, 7) is 4.05. The summed E-state index contributed by atoms with van der Waals surface area (Å²) in [6, 6.07) is 13.3. The smallest absolute Gasteiger partial charge is 0.241 e. The number of benzene rings is 2. The third-order valence-corrected chi connectivity index (χ3v) is 5.23. The van der Waals surface area contributed by atoms with E-state index in [0.29, 0.717) is 23.8 Å². The number of carbonyl (C=O) groups excluding carboxylic acids is 1. The number of ether oxygens (including phenoxy) is 3. The van der Waals surface area contributed by atoms with Gasteiger partial charge in [-0.15, -0.1) is 0 Å². The van der Waals surface area contributed by atoms with Gasteiger partial charge in [0.15, 0.2) is 0 Å². The van der Waals surface area contributed by atoms with Crippen LogP contribution in [0.3, 0.4) is 0 Å². The lowest BCUT2D eigenvalue weighted by Gasteiger charge is -2.23. The van der Waals surface area contributed by atoms with E-state index in [1.165, 1.54) is 0 Å². The Balaban J connectivity index is 1.94. The molecule has 1 amide bonds. The van der Waals surface area contributed by atoms with Crippen molar-refractivity contribution in [3.8, 4) is 17.2 Å². The van der Waals surface area contributed by atoms with Crippen LogP contribution in [0.25, 0.3) is 0 Å². The molecule has 0 aromatic heterocycles. The summed E-state index contributed by atoms with van der Waals surface area (Å²) in [5.74, 6) is 1.56.